The van der Waals surface area contributed by atoms with Gasteiger partial charge in [0.25, 0.3) is 5.91 Å². The van der Waals surface area contributed by atoms with Gasteiger partial charge < -0.3 is 11.1 Å². The van der Waals surface area contributed by atoms with Crippen LogP contribution in [0.1, 0.15) is 10.4 Å². The van der Waals surface area contributed by atoms with E-state index in [2.05, 4.69) is 15.4 Å². The van der Waals surface area contributed by atoms with E-state index in [9.17, 15) is 4.79 Å². The standard InChI is InChI=1S/C15H13N5O/c16-12-4-2-11(3-5-12)15(21)19-13-6-7-14(17-10-13)20-9-1-8-18-20/h1-10H,16H2,(H,19,21). The molecule has 3 aromatic rings. The second-order valence-corrected chi connectivity index (χ2v) is 4.43. The Kier molecular flexibility index (Phi) is 3.34. The third kappa shape index (κ3) is 2.89. The van der Waals surface area contributed by atoms with Crippen molar-refractivity contribution in [2.24, 2.45) is 0 Å². The second-order valence-electron chi connectivity index (χ2n) is 4.43. The number of hydrogen-bond acceptors (Lipinski definition) is 4. The van der Waals surface area contributed by atoms with Crippen molar-refractivity contribution >= 4 is 17.3 Å². The molecule has 21 heavy (non-hydrogen) atoms. The molecule has 0 atom stereocenters. The lowest BCUT2D eigenvalue weighted by atomic mass is 10.2. The number of rotatable bonds is 3. The highest BCUT2D eigenvalue weighted by molar-refractivity contribution is 6.04. The summed E-state index contributed by atoms with van der Waals surface area (Å²) in [6.45, 7) is 0. The van der Waals surface area contributed by atoms with E-state index < -0.39 is 0 Å². The zero-order valence-corrected chi connectivity index (χ0v) is 11.1. The number of nitrogens with one attached hydrogen (secondary N) is 1. The zero-order valence-electron chi connectivity index (χ0n) is 11.1. The number of hydrogen-bond donors (Lipinski definition) is 2. The minimum Gasteiger partial charge on any atom is -0.399 e. The molecule has 6 heteroatoms. The molecule has 0 saturated heterocycles. The van der Waals surface area contributed by atoms with Gasteiger partial charge in [0.2, 0.25) is 0 Å². The molecule has 2 aromatic heterocycles. The van der Waals surface area contributed by atoms with Gasteiger partial charge in [-0.25, -0.2) is 9.67 Å². The number of amides is 1. The first-order valence-corrected chi connectivity index (χ1v) is 6.35. The highest BCUT2D eigenvalue weighted by Crippen LogP contribution is 2.12. The summed E-state index contributed by atoms with van der Waals surface area (Å²) < 4.78 is 1.64. The van der Waals surface area contributed by atoms with Gasteiger partial charge >= 0.3 is 0 Å². The average Bonchev–Trinajstić information content (AvgIpc) is 3.03. The highest BCUT2D eigenvalue weighted by atomic mass is 16.1. The van der Waals surface area contributed by atoms with E-state index in [1.165, 1.54) is 0 Å². The van der Waals surface area contributed by atoms with Gasteiger partial charge in [0.1, 0.15) is 0 Å². The van der Waals surface area contributed by atoms with Crippen LogP contribution < -0.4 is 11.1 Å². The lowest BCUT2D eigenvalue weighted by molar-refractivity contribution is 0.102. The predicted octanol–water partition coefficient (Wildman–Crippen LogP) is 2.10. The second kappa shape index (κ2) is 5.46. The lowest BCUT2D eigenvalue weighted by Gasteiger charge is -2.06. The minimum absolute atomic E-state index is 0.205. The number of nitrogen functional groups attached to an aromatic ring is 1. The Morgan fingerprint density at radius 2 is 1.95 bits per heavy atom. The third-order valence-electron chi connectivity index (χ3n) is 2.92. The summed E-state index contributed by atoms with van der Waals surface area (Å²) in [7, 11) is 0. The largest absolute Gasteiger partial charge is 0.399 e. The molecule has 104 valence electrons. The molecule has 3 rings (SSSR count). The van der Waals surface area contributed by atoms with Gasteiger partial charge in [-0.15, -0.1) is 0 Å². The first-order valence-electron chi connectivity index (χ1n) is 6.35. The SMILES string of the molecule is Nc1ccc(C(=O)Nc2ccc(-n3cccn3)nc2)cc1. The Labute approximate surface area is 121 Å². The van der Waals surface area contributed by atoms with Crippen LogP contribution in [-0.4, -0.2) is 20.7 Å². The molecule has 0 spiro atoms. The fourth-order valence-corrected chi connectivity index (χ4v) is 1.84. The fraction of sp³-hybridized carbons (Fsp3) is 0. The number of carbonyl (C=O) groups excluding carboxylic acids is 1. The van der Waals surface area contributed by atoms with Crippen molar-refractivity contribution in [3.63, 3.8) is 0 Å². The molecule has 1 amide bonds. The maximum Gasteiger partial charge on any atom is 0.255 e. The van der Waals surface area contributed by atoms with E-state index in [-0.39, 0.29) is 5.91 Å². The topological polar surface area (TPSA) is 85.8 Å². The van der Waals surface area contributed by atoms with Crippen LogP contribution in [0.4, 0.5) is 11.4 Å². The first-order chi connectivity index (χ1) is 10.2. The summed E-state index contributed by atoms with van der Waals surface area (Å²) in [5.74, 6) is 0.481. The van der Waals surface area contributed by atoms with Crippen LogP contribution in [0.2, 0.25) is 0 Å². The molecule has 2 heterocycles. The number of carbonyl (C=O) groups is 1. The number of benzene rings is 1. The van der Waals surface area contributed by atoms with Gasteiger partial charge in [0.15, 0.2) is 5.82 Å². The lowest BCUT2D eigenvalue weighted by Crippen LogP contribution is -2.12. The highest BCUT2D eigenvalue weighted by Gasteiger charge is 2.06. The van der Waals surface area contributed by atoms with Gasteiger partial charge in [0, 0.05) is 23.6 Å². The summed E-state index contributed by atoms with van der Waals surface area (Å²) in [4.78, 5) is 16.3. The molecule has 0 fully saturated rings. The van der Waals surface area contributed by atoms with Crippen LogP contribution in [0.5, 0.6) is 0 Å². The van der Waals surface area contributed by atoms with Gasteiger partial charge in [-0.2, -0.15) is 5.10 Å². The van der Waals surface area contributed by atoms with Crippen LogP contribution in [-0.2, 0) is 0 Å². The molecular formula is C15H13N5O. The Morgan fingerprint density at radius 1 is 1.14 bits per heavy atom. The van der Waals surface area contributed by atoms with Gasteiger partial charge in [-0.3, -0.25) is 4.79 Å². The van der Waals surface area contributed by atoms with Gasteiger partial charge in [-0.1, -0.05) is 0 Å². The normalized spacial score (nSPS) is 10.3. The van der Waals surface area contributed by atoms with Crippen molar-refractivity contribution in [2.75, 3.05) is 11.1 Å². The van der Waals surface area contributed by atoms with Crippen LogP contribution in [0.25, 0.3) is 5.82 Å². The molecule has 1 aromatic carbocycles. The van der Waals surface area contributed by atoms with Crippen molar-refractivity contribution in [3.8, 4) is 5.82 Å². The van der Waals surface area contributed by atoms with Crippen LogP contribution in [0.3, 0.4) is 0 Å². The van der Waals surface area contributed by atoms with Crippen molar-refractivity contribution in [3.05, 3.63) is 66.6 Å². The number of nitrogens with zero attached hydrogens (tertiary/aromatic N) is 3. The Balaban J connectivity index is 1.73. The minimum atomic E-state index is -0.205. The maximum absolute atomic E-state index is 12.0. The Hall–Kier alpha value is -3.15. The Morgan fingerprint density at radius 3 is 2.57 bits per heavy atom. The van der Waals surface area contributed by atoms with Crippen molar-refractivity contribution in [1.29, 1.82) is 0 Å². The van der Waals surface area contributed by atoms with E-state index in [1.807, 2.05) is 6.07 Å². The van der Waals surface area contributed by atoms with Gasteiger partial charge in [0.05, 0.1) is 11.9 Å². The number of pyridine rings is 1. The molecule has 0 aliphatic rings. The maximum atomic E-state index is 12.0. The summed E-state index contributed by atoms with van der Waals surface area (Å²) in [5.41, 5.74) is 7.37. The quantitative estimate of drug-likeness (QED) is 0.719. The molecular weight excluding hydrogens is 266 g/mol. The summed E-state index contributed by atoms with van der Waals surface area (Å²) in [5, 5.41) is 6.87. The number of nitrogens with two attached hydrogens (primary N) is 1. The van der Waals surface area contributed by atoms with E-state index in [4.69, 9.17) is 5.73 Å². The van der Waals surface area contributed by atoms with Crippen LogP contribution in [0, 0.1) is 0 Å². The van der Waals surface area contributed by atoms with Crippen LogP contribution >= 0.6 is 0 Å². The first kappa shape index (κ1) is 12.9. The fourth-order valence-electron chi connectivity index (χ4n) is 1.84. The molecule has 0 saturated carbocycles. The molecule has 0 unspecified atom stereocenters. The van der Waals surface area contributed by atoms with Crippen molar-refractivity contribution in [1.82, 2.24) is 14.8 Å². The summed E-state index contributed by atoms with van der Waals surface area (Å²) in [6.07, 6.45) is 5.07. The summed E-state index contributed by atoms with van der Waals surface area (Å²) in [6, 6.07) is 12.1. The number of aromatic nitrogens is 3. The van der Waals surface area contributed by atoms with Crippen LogP contribution in [0.15, 0.2) is 61.1 Å². The van der Waals surface area contributed by atoms with E-state index >= 15 is 0 Å². The zero-order chi connectivity index (χ0) is 14.7. The average molecular weight is 279 g/mol. The van der Waals surface area contributed by atoms with Gasteiger partial charge in [-0.05, 0) is 42.5 Å². The number of anilines is 2. The molecule has 6 nitrogen and oxygen atoms in total. The molecule has 0 aliphatic carbocycles. The predicted molar refractivity (Wildman–Crippen MR) is 80.2 cm³/mol. The Bertz CT molecular complexity index is 733. The third-order valence-corrected chi connectivity index (χ3v) is 2.92. The van der Waals surface area contributed by atoms with Crippen molar-refractivity contribution < 1.29 is 4.79 Å². The van der Waals surface area contributed by atoms with Crippen molar-refractivity contribution in [2.45, 2.75) is 0 Å². The summed E-state index contributed by atoms with van der Waals surface area (Å²) >= 11 is 0. The smallest absolute Gasteiger partial charge is 0.255 e. The monoisotopic (exact) mass is 279 g/mol. The molecule has 3 N–H and O–H groups in total. The van der Waals surface area contributed by atoms with E-state index in [0.29, 0.717) is 22.8 Å². The molecule has 0 radical (unpaired) electrons. The molecule has 0 aliphatic heterocycles. The van der Waals surface area contributed by atoms with E-state index in [1.54, 1.807) is 59.7 Å². The van der Waals surface area contributed by atoms with E-state index in [0.717, 1.165) is 0 Å². The molecule has 0 bridgehead atoms.